The third-order valence-electron chi connectivity index (χ3n) is 2.70. The fourth-order valence-electron chi connectivity index (χ4n) is 1.71. The average Bonchev–Trinajstić information content (AvgIpc) is 2.35. The van der Waals surface area contributed by atoms with Crippen LogP contribution in [0.15, 0.2) is 12.1 Å². The average molecular weight is 256 g/mol. The van der Waals surface area contributed by atoms with E-state index in [0.29, 0.717) is 5.88 Å². The number of rotatable bonds is 8. The number of unbranched alkanes of at least 4 members (excludes halogenated alkanes) is 4. The first-order valence-corrected chi connectivity index (χ1v) is 6.96. The topological polar surface area (TPSA) is 22.1 Å². The van der Waals surface area contributed by atoms with Crippen molar-refractivity contribution in [2.45, 2.75) is 51.8 Å². The molecule has 0 saturated carbocycles. The van der Waals surface area contributed by atoms with Crippen molar-refractivity contribution in [3.8, 4) is 5.75 Å². The molecule has 0 aliphatic carbocycles. The Labute approximate surface area is 109 Å². The number of hydrogen-bond donors (Lipinski definition) is 0. The summed E-state index contributed by atoms with van der Waals surface area (Å²) in [5.74, 6) is 1.24. The highest BCUT2D eigenvalue weighted by Gasteiger charge is 2.04. The van der Waals surface area contributed by atoms with Gasteiger partial charge in [0.05, 0.1) is 18.2 Å². The lowest BCUT2D eigenvalue weighted by atomic mass is 10.2. The molecule has 0 radical (unpaired) electrons. The number of ether oxygens (including phenoxy) is 1. The Kier molecular flexibility index (Phi) is 7.02. The Hall–Kier alpha value is -0.760. The number of hydrogen-bond acceptors (Lipinski definition) is 2. The summed E-state index contributed by atoms with van der Waals surface area (Å²) in [6, 6.07) is 3.93. The van der Waals surface area contributed by atoms with Gasteiger partial charge in [-0.15, -0.1) is 11.6 Å². The summed E-state index contributed by atoms with van der Waals surface area (Å²) in [6.45, 7) is 4.95. The first kappa shape index (κ1) is 14.3. The van der Waals surface area contributed by atoms with Crippen molar-refractivity contribution in [3.05, 3.63) is 23.5 Å². The van der Waals surface area contributed by atoms with E-state index in [-0.39, 0.29) is 0 Å². The third-order valence-corrected chi connectivity index (χ3v) is 2.96. The minimum absolute atomic E-state index is 0.410. The van der Waals surface area contributed by atoms with Gasteiger partial charge in [-0.3, -0.25) is 4.98 Å². The zero-order valence-electron chi connectivity index (χ0n) is 10.8. The molecular weight excluding hydrogens is 234 g/mol. The molecule has 3 heteroatoms. The predicted molar refractivity (Wildman–Crippen MR) is 72.8 cm³/mol. The Morgan fingerprint density at radius 1 is 1.18 bits per heavy atom. The van der Waals surface area contributed by atoms with E-state index in [9.17, 15) is 0 Å². The minimum atomic E-state index is 0.410. The number of pyridine rings is 1. The largest absolute Gasteiger partial charge is 0.492 e. The Morgan fingerprint density at radius 3 is 2.65 bits per heavy atom. The number of alkyl halides is 1. The van der Waals surface area contributed by atoms with Gasteiger partial charge in [-0.25, -0.2) is 0 Å². The normalized spacial score (nSPS) is 10.5. The molecule has 0 aromatic carbocycles. The molecule has 0 spiro atoms. The van der Waals surface area contributed by atoms with E-state index < -0.39 is 0 Å². The molecule has 96 valence electrons. The van der Waals surface area contributed by atoms with E-state index >= 15 is 0 Å². The fourth-order valence-corrected chi connectivity index (χ4v) is 1.90. The van der Waals surface area contributed by atoms with E-state index in [2.05, 4.69) is 11.9 Å². The lowest BCUT2D eigenvalue weighted by Crippen LogP contribution is -2.01. The van der Waals surface area contributed by atoms with E-state index in [1.54, 1.807) is 0 Å². The molecular formula is C14H22ClNO. The van der Waals surface area contributed by atoms with Crippen molar-refractivity contribution < 1.29 is 4.74 Å². The van der Waals surface area contributed by atoms with Crippen molar-refractivity contribution in [2.24, 2.45) is 0 Å². The van der Waals surface area contributed by atoms with E-state index in [4.69, 9.17) is 16.3 Å². The molecule has 1 heterocycles. The monoisotopic (exact) mass is 255 g/mol. The van der Waals surface area contributed by atoms with Gasteiger partial charge in [0.25, 0.3) is 0 Å². The van der Waals surface area contributed by atoms with Crippen LogP contribution in [0, 0.1) is 6.92 Å². The smallest absolute Gasteiger partial charge is 0.142 e. The highest BCUT2D eigenvalue weighted by Crippen LogP contribution is 2.19. The molecule has 0 aliphatic rings. The second-order valence-electron chi connectivity index (χ2n) is 4.29. The van der Waals surface area contributed by atoms with Crippen LogP contribution in [0.1, 0.15) is 50.4 Å². The summed E-state index contributed by atoms with van der Waals surface area (Å²) in [7, 11) is 0. The Balaban J connectivity index is 2.31. The van der Waals surface area contributed by atoms with Crippen LogP contribution >= 0.6 is 11.6 Å². The van der Waals surface area contributed by atoms with Gasteiger partial charge in [0, 0.05) is 5.69 Å². The van der Waals surface area contributed by atoms with Crippen molar-refractivity contribution in [1.82, 2.24) is 4.98 Å². The molecule has 0 saturated heterocycles. The van der Waals surface area contributed by atoms with Crippen molar-refractivity contribution in [2.75, 3.05) is 6.61 Å². The van der Waals surface area contributed by atoms with Gasteiger partial charge in [0.1, 0.15) is 5.75 Å². The van der Waals surface area contributed by atoms with Gasteiger partial charge >= 0.3 is 0 Å². The van der Waals surface area contributed by atoms with E-state index in [1.807, 2.05) is 19.1 Å². The molecule has 0 bridgehead atoms. The first-order valence-electron chi connectivity index (χ1n) is 6.43. The summed E-state index contributed by atoms with van der Waals surface area (Å²) >= 11 is 5.84. The highest BCUT2D eigenvalue weighted by molar-refractivity contribution is 6.17. The molecule has 1 rings (SSSR count). The maximum atomic E-state index is 5.84. The van der Waals surface area contributed by atoms with Gasteiger partial charge in [-0.05, 0) is 25.5 Å². The Morgan fingerprint density at radius 2 is 1.94 bits per heavy atom. The van der Waals surface area contributed by atoms with Gasteiger partial charge in [0.15, 0.2) is 0 Å². The van der Waals surface area contributed by atoms with Crippen LogP contribution in [0.25, 0.3) is 0 Å². The summed E-state index contributed by atoms with van der Waals surface area (Å²) in [4.78, 5) is 4.36. The maximum Gasteiger partial charge on any atom is 0.142 e. The van der Waals surface area contributed by atoms with Crippen LogP contribution < -0.4 is 4.74 Å². The number of nitrogens with zero attached hydrogens (tertiary/aromatic N) is 1. The molecule has 0 amide bonds. The summed E-state index contributed by atoms with van der Waals surface area (Å²) in [6.07, 6.45) is 6.24. The van der Waals surface area contributed by atoms with Crippen molar-refractivity contribution >= 4 is 11.6 Å². The standard InChI is InChI=1S/C14H22ClNO/c1-3-4-5-6-7-10-17-14-9-8-12(2)16-13(14)11-15/h8-9H,3-7,10-11H2,1-2H3. The lowest BCUT2D eigenvalue weighted by Gasteiger charge is -2.09. The molecule has 0 unspecified atom stereocenters. The zero-order chi connectivity index (χ0) is 12.5. The summed E-state index contributed by atoms with van der Waals surface area (Å²) in [5, 5.41) is 0. The van der Waals surface area contributed by atoms with Gasteiger partial charge < -0.3 is 4.74 Å². The highest BCUT2D eigenvalue weighted by atomic mass is 35.5. The SMILES string of the molecule is CCCCCCCOc1ccc(C)nc1CCl. The molecule has 0 aliphatic heterocycles. The zero-order valence-corrected chi connectivity index (χ0v) is 11.6. The second kappa shape index (κ2) is 8.35. The van der Waals surface area contributed by atoms with Crippen LogP contribution in [0.3, 0.4) is 0 Å². The summed E-state index contributed by atoms with van der Waals surface area (Å²) < 4.78 is 5.72. The van der Waals surface area contributed by atoms with Crippen LogP contribution in [0.5, 0.6) is 5.75 Å². The van der Waals surface area contributed by atoms with Crippen LogP contribution in [-0.2, 0) is 5.88 Å². The lowest BCUT2D eigenvalue weighted by molar-refractivity contribution is 0.301. The molecule has 1 aromatic rings. The number of halogens is 1. The maximum absolute atomic E-state index is 5.84. The fraction of sp³-hybridized carbons (Fsp3) is 0.643. The van der Waals surface area contributed by atoms with Crippen LogP contribution in [0.2, 0.25) is 0 Å². The number of aryl methyl sites for hydroxylation is 1. The van der Waals surface area contributed by atoms with Crippen molar-refractivity contribution in [1.29, 1.82) is 0 Å². The first-order chi connectivity index (χ1) is 8.27. The molecule has 17 heavy (non-hydrogen) atoms. The second-order valence-corrected chi connectivity index (χ2v) is 4.56. The van der Waals surface area contributed by atoms with Gasteiger partial charge in [0.2, 0.25) is 0 Å². The molecule has 1 aromatic heterocycles. The molecule has 0 N–H and O–H groups in total. The third kappa shape index (κ3) is 5.40. The quantitative estimate of drug-likeness (QED) is 0.505. The number of aromatic nitrogens is 1. The Bertz CT molecular complexity index is 328. The van der Waals surface area contributed by atoms with Crippen molar-refractivity contribution in [3.63, 3.8) is 0 Å². The minimum Gasteiger partial charge on any atom is -0.492 e. The molecule has 2 nitrogen and oxygen atoms in total. The predicted octanol–water partition coefficient (Wildman–Crippen LogP) is 4.48. The van der Waals surface area contributed by atoms with E-state index in [0.717, 1.165) is 30.2 Å². The van der Waals surface area contributed by atoms with Crippen LogP contribution in [-0.4, -0.2) is 11.6 Å². The van der Waals surface area contributed by atoms with Gasteiger partial charge in [-0.2, -0.15) is 0 Å². The molecule has 0 atom stereocenters. The van der Waals surface area contributed by atoms with Gasteiger partial charge in [-0.1, -0.05) is 32.6 Å². The summed E-state index contributed by atoms with van der Waals surface area (Å²) in [5.41, 5.74) is 1.83. The van der Waals surface area contributed by atoms with Crippen LogP contribution in [0.4, 0.5) is 0 Å². The van der Waals surface area contributed by atoms with E-state index in [1.165, 1.54) is 25.7 Å². The molecule has 0 fully saturated rings.